The summed E-state index contributed by atoms with van der Waals surface area (Å²) in [6.45, 7) is 2.15. The lowest BCUT2D eigenvalue weighted by Crippen LogP contribution is -2.47. The van der Waals surface area contributed by atoms with E-state index in [1.807, 2.05) is 30.3 Å². The topological polar surface area (TPSA) is 36.9 Å². The highest BCUT2D eigenvalue weighted by Crippen LogP contribution is 2.18. The zero-order chi connectivity index (χ0) is 14.9. The molecule has 1 N–H and O–H groups in total. The van der Waals surface area contributed by atoms with Crippen LogP contribution in [0.3, 0.4) is 0 Å². The quantitative estimate of drug-likeness (QED) is 0.344. The van der Waals surface area contributed by atoms with Crippen molar-refractivity contribution >= 4 is 29.9 Å². The van der Waals surface area contributed by atoms with Crippen molar-refractivity contribution < 1.29 is 9.13 Å². The van der Waals surface area contributed by atoms with Crippen LogP contribution in [0.4, 0.5) is 4.39 Å². The van der Waals surface area contributed by atoms with Crippen molar-refractivity contribution in [2.75, 3.05) is 33.4 Å². The fraction of sp³-hybridized carbons (Fsp3) is 0.562. The number of benzene rings is 1. The van der Waals surface area contributed by atoms with Crippen LogP contribution in [0.25, 0.3) is 0 Å². The van der Waals surface area contributed by atoms with E-state index in [2.05, 4.69) is 15.2 Å². The predicted octanol–water partition coefficient (Wildman–Crippen LogP) is 3.08. The summed E-state index contributed by atoms with van der Waals surface area (Å²) in [5, 5.41) is 3.20. The summed E-state index contributed by atoms with van der Waals surface area (Å²) in [7, 11) is 1.77. The molecule has 0 bridgehead atoms. The smallest absolute Gasteiger partial charge is 0.193 e. The minimum atomic E-state index is -0.295. The Hall–Kier alpha value is -1.05. The molecular formula is C16H25FIN3O. The minimum absolute atomic E-state index is 0. The number of halogens is 2. The van der Waals surface area contributed by atoms with E-state index in [-0.39, 0.29) is 36.8 Å². The second-order valence-electron chi connectivity index (χ2n) is 5.13. The van der Waals surface area contributed by atoms with Crippen LogP contribution in [0.5, 0.6) is 5.75 Å². The lowest BCUT2D eigenvalue weighted by atomic mass is 10.1. The molecule has 0 unspecified atom stereocenters. The Balaban J connectivity index is 0.00000242. The fourth-order valence-electron chi connectivity index (χ4n) is 2.48. The van der Waals surface area contributed by atoms with Gasteiger partial charge in [0.2, 0.25) is 0 Å². The average Bonchev–Trinajstić information content (AvgIpc) is 2.54. The molecule has 0 saturated carbocycles. The molecule has 0 aliphatic carbocycles. The summed E-state index contributed by atoms with van der Waals surface area (Å²) in [4.78, 5) is 6.47. The number of aliphatic imine (C=N–C) groups is 1. The van der Waals surface area contributed by atoms with E-state index in [0.29, 0.717) is 13.0 Å². The van der Waals surface area contributed by atoms with E-state index in [9.17, 15) is 4.39 Å². The molecule has 6 heteroatoms. The summed E-state index contributed by atoms with van der Waals surface area (Å²) in [5.74, 6) is 1.79. The molecule has 124 valence electrons. The van der Waals surface area contributed by atoms with Gasteiger partial charge in [-0.25, -0.2) is 0 Å². The average molecular weight is 421 g/mol. The standard InChI is InChI=1S/C16H24FN3O.HI/c1-18-16(19-11-5-10-17)20-12-8-15(9-13-20)21-14-6-3-2-4-7-14;/h2-4,6-7,15H,5,8-13H2,1H3,(H,18,19);1H. The molecule has 0 spiro atoms. The Bertz CT molecular complexity index is 436. The lowest BCUT2D eigenvalue weighted by molar-refractivity contribution is 0.129. The van der Waals surface area contributed by atoms with Gasteiger partial charge in [-0.2, -0.15) is 0 Å². The molecule has 1 aliphatic heterocycles. The molecule has 4 nitrogen and oxygen atoms in total. The summed E-state index contributed by atoms with van der Waals surface area (Å²) in [6, 6.07) is 9.94. The summed E-state index contributed by atoms with van der Waals surface area (Å²) < 4.78 is 18.1. The van der Waals surface area contributed by atoms with Crippen molar-refractivity contribution in [3.63, 3.8) is 0 Å². The maximum Gasteiger partial charge on any atom is 0.193 e. The van der Waals surface area contributed by atoms with Crippen LogP contribution in [-0.2, 0) is 0 Å². The Morgan fingerprint density at radius 3 is 2.59 bits per heavy atom. The molecule has 0 atom stereocenters. The van der Waals surface area contributed by atoms with Crippen LogP contribution >= 0.6 is 24.0 Å². The molecule has 1 aliphatic rings. The number of rotatable bonds is 5. The highest BCUT2D eigenvalue weighted by atomic mass is 127. The Kier molecular flexibility index (Phi) is 9.19. The third kappa shape index (κ3) is 5.98. The first-order valence-corrected chi connectivity index (χ1v) is 7.56. The van der Waals surface area contributed by atoms with Crippen molar-refractivity contribution in [2.45, 2.75) is 25.4 Å². The molecule has 1 fully saturated rings. The Morgan fingerprint density at radius 2 is 2.00 bits per heavy atom. The largest absolute Gasteiger partial charge is 0.490 e. The van der Waals surface area contributed by atoms with Crippen molar-refractivity contribution in [1.82, 2.24) is 10.2 Å². The van der Waals surface area contributed by atoms with Crippen molar-refractivity contribution in [2.24, 2.45) is 4.99 Å². The number of nitrogens with one attached hydrogen (secondary N) is 1. The molecule has 0 radical (unpaired) electrons. The highest BCUT2D eigenvalue weighted by Gasteiger charge is 2.22. The minimum Gasteiger partial charge on any atom is -0.490 e. The van der Waals surface area contributed by atoms with Crippen LogP contribution in [0.2, 0.25) is 0 Å². The van der Waals surface area contributed by atoms with Crippen molar-refractivity contribution in [3.05, 3.63) is 30.3 Å². The van der Waals surface area contributed by atoms with E-state index in [1.165, 1.54) is 0 Å². The summed E-state index contributed by atoms with van der Waals surface area (Å²) in [5.41, 5.74) is 0. The molecule has 2 rings (SSSR count). The van der Waals surface area contributed by atoms with Gasteiger partial charge in [0, 0.05) is 39.5 Å². The predicted molar refractivity (Wildman–Crippen MR) is 99.0 cm³/mol. The van der Waals surface area contributed by atoms with Gasteiger partial charge in [-0.15, -0.1) is 24.0 Å². The number of alkyl halides is 1. The highest BCUT2D eigenvalue weighted by molar-refractivity contribution is 14.0. The number of nitrogens with zero attached hydrogens (tertiary/aromatic N) is 2. The Labute approximate surface area is 149 Å². The third-order valence-electron chi connectivity index (χ3n) is 3.59. The van der Waals surface area contributed by atoms with E-state index in [4.69, 9.17) is 4.74 Å². The van der Waals surface area contributed by atoms with Crippen molar-refractivity contribution in [1.29, 1.82) is 0 Å². The molecule has 1 saturated heterocycles. The first-order chi connectivity index (χ1) is 10.3. The second-order valence-corrected chi connectivity index (χ2v) is 5.13. The van der Waals surface area contributed by atoms with Gasteiger partial charge in [0.25, 0.3) is 0 Å². The fourth-order valence-corrected chi connectivity index (χ4v) is 2.48. The number of para-hydroxylation sites is 1. The second kappa shape index (κ2) is 10.6. The number of ether oxygens (including phenoxy) is 1. The normalized spacial score (nSPS) is 16.1. The van der Waals surface area contributed by atoms with Gasteiger partial charge in [0.05, 0.1) is 6.67 Å². The van der Waals surface area contributed by atoms with E-state index in [1.54, 1.807) is 7.05 Å². The number of likely N-dealkylation sites (tertiary alicyclic amines) is 1. The van der Waals surface area contributed by atoms with Gasteiger partial charge < -0.3 is 15.0 Å². The summed E-state index contributed by atoms with van der Waals surface area (Å²) >= 11 is 0. The van der Waals surface area contributed by atoms with Crippen LogP contribution in [0, 0.1) is 0 Å². The molecule has 1 heterocycles. The number of piperidine rings is 1. The van der Waals surface area contributed by atoms with E-state index < -0.39 is 0 Å². The SMILES string of the molecule is CN=C(NCCCF)N1CCC(Oc2ccccc2)CC1.I. The van der Waals surface area contributed by atoms with Gasteiger partial charge in [-0.1, -0.05) is 18.2 Å². The van der Waals surface area contributed by atoms with Gasteiger partial charge in [-0.3, -0.25) is 9.38 Å². The monoisotopic (exact) mass is 421 g/mol. The molecule has 22 heavy (non-hydrogen) atoms. The van der Waals surface area contributed by atoms with Crippen LogP contribution in [-0.4, -0.2) is 50.3 Å². The zero-order valence-electron chi connectivity index (χ0n) is 13.0. The molecular weight excluding hydrogens is 396 g/mol. The van der Waals surface area contributed by atoms with Crippen LogP contribution in [0.15, 0.2) is 35.3 Å². The first kappa shape index (κ1) is 19.0. The lowest BCUT2D eigenvalue weighted by Gasteiger charge is -2.34. The molecule has 0 amide bonds. The third-order valence-corrected chi connectivity index (χ3v) is 3.59. The van der Waals surface area contributed by atoms with Crippen LogP contribution in [0.1, 0.15) is 19.3 Å². The maximum atomic E-state index is 12.1. The number of guanidine groups is 1. The Morgan fingerprint density at radius 1 is 1.32 bits per heavy atom. The van der Waals surface area contributed by atoms with Crippen molar-refractivity contribution in [3.8, 4) is 5.75 Å². The number of hydrogen-bond acceptors (Lipinski definition) is 2. The first-order valence-electron chi connectivity index (χ1n) is 7.56. The van der Waals surface area contributed by atoms with E-state index in [0.717, 1.165) is 37.6 Å². The van der Waals surface area contributed by atoms with E-state index >= 15 is 0 Å². The molecule has 1 aromatic rings. The van der Waals surface area contributed by atoms with Gasteiger partial charge in [0.1, 0.15) is 11.9 Å². The zero-order valence-corrected chi connectivity index (χ0v) is 15.3. The van der Waals surface area contributed by atoms with Crippen LogP contribution < -0.4 is 10.1 Å². The number of hydrogen-bond donors (Lipinski definition) is 1. The summed E-state index contributed by atoms with van der Waals surface area (Å²) in [6.07, 6.45) is 2.72. The van der Waals surface area contributed by atoms with Gasteiger partial charge in [-0.05, 0) is 18.6 Å². The molecule has 1 aromatic carbocycles. The van der Waals surface area contributed by atoms with Gasteiger partial charge >= 0.3 is 0 Å². The molecule has 0 aromatic heterocycles. The van der Waals surface area contributed by atoms with Gasteiger partial charge in [0.15, 0.2) is 5.96 Å². The maximum absolute atomic E-state index is 12.1.